The van der Waals surface area contributed by atoms with E-state index in [-0.39, 0.29) is 5.82 Å². The van der Waals surface area contributed by atoms with Crippen LogP contribution in [0.5, 0.6) is 0 Å². The summed E-state index contributed by atoms with van der Waals surface area (Å²) >= 11 is 0. The van der Waals surface area contributed by atoms with Crippen LogP contribution in [-0.4, -0.2) is 9.55 Å². The third kappa shape index (κ3) is 2.59. The Kier molecular flexibility index (Phi) is 3.94. The van der Waals surface area contributed by atoms with Crippen molar-refractivity contribution in [3.8, 4) is 16.9 Å². The molecule has 0 aliphatic heterocycles. The molecule has 0 saturated carbocycles. The highest BCUT2D eigenvalue weighted by molar-refractivity contribution is 6.11. The van der Waals surface area contributed by atoms with Crippen LogP contribution in [0.15, 0.2) is 102 Å². The number of para-hydroxylation sites is 3. The highest BCUT2D eigenvalue weighted by atomic mass is 19.1. The van der Waals surface area contributed by atoms with Crippen LogP contribution in [0.25, 0.3) is 60.7 Å². The fourth-order valence-electron chi connectivity index (χ4n) is 5.12. The van der Waals surface area contributed by atoms with Crippen LogP contribution in [-0.2, 0) is 0 Å². The molecule has 0 radical (unpaired) electrons. The summed E-state index contributed by atoms with van der Waals surface area (Å²) in [5, 5.41) is 4.32. The molecule has 0 saturated heterocycles. The molecule has 4 heteroatoms. The van der Waals surface area contributed by atoms with Gasteiger partial charge in [-0.15, -0.1) is 0 Å². The number of furan rings is 1. The monoisotopic (exact) mass is 442 g/mol. The summed E-state index contributed by atoms with van der Waals surface area (Å²) in [5.41, 5.74) is 6.63. The van der Waals surface area contributed by atoms with E-state index < -0.39 is 0 Å². The van der Waals surface area contributed by atoms with Crippen molar-refractivity contribution in [3.05, 3.63) is 109 Å². The quantitative estimate of drug-likeness (QED) is 0.270. The molecule has 0 spiro atoms. The number of aryl methyl sites for hydroxylation is 1. The molecule has 162 valence electrons. The van der Waals surface area contributed by atoms with E-state index in [0.29, 0.717) is 11.4 Å². The molecule has 0 fully saturated rings. The Hall–Kier alpha value is -4.44. The molecular formula is C30H19FN2O. The van der Waals surface area contributed by atoms with Crippen molar-refractivity contribution < 1.29 is 8.81 Å². The summed E-state index contributed by atoms with van der Waals surface area (Å²) in [7, 11) is 0. The summed E-state index contributed by atoms with van der Waals surface area (Å²) in [6, 6.07) is 30.1. The van der Waals surface area contributed by atoms with Gasteiger partial charge < -0.3 is 8.98 Å². The zero-order valence-electron chi connectivity index (χ0n) is 18.4. The largest absolute Gasteiger partial charge is 0.455 e. The predicted molar refractivity (Wildman–Crippen MR) is 136 cm³/mol. The molecule has 0 bridgehead atoms. The van der Waals surface area contributed by atoms with Crippen molar-refractivity contribution in [3.63, 3.8) is 0 Å². The minimum Gasteiger partial charge on any atom is -0.455 e. The first-order chi connectivity index (χ1) is 16.7. The van der Waals surface area contributed by atoms with E-state index in [1.54, 1.807) is 0 Å². The Balaban J connectivity index is 1.54. The number of hydrogen-bond acceptors (Lipinski definition) is 2. The molecule has 3 aromatic heterocycles. The first kappa shape index (κ1) is 19.1. The molecule has 0 N–H and O–H groups in total. The summed E-state index contributed by atoms with van der Waals surface area (Å²) in [6.07, 6.45) is 1.31. The van der Waals surface area contributed by atoms with Crippen molar-refractivity contribution >= 4 is 43.7 Å². The third-order valence-electron chi connectivity index (χ3n) is 6.67. The van der Waals surface area contributed by atoms with Gasteiger partial charge in [0.15, 0.2) is 5.82 Å². The topological polar surface area (TPSA) is 31.0 Å². The van der Waals surface area contributed by atoms with Crippen molar-refractivity contribution in [2.45, 2.75) is 6.92 Å². The van der Waals surface area contributed by atoms with Gasteiger partial charge in [0, 0.05) is 27.1 Å². The first-order valence-electron chi connectivity index (χ1n) is 11.3. The second-order valence-corrected chi connectivity index (χ2v) is 8.62. The number of fused-ring (bicyclic) bond motifs is 6. The summed E-state index contributed by atoms with van der Waals surface area (Å²) in [4.78, 5) is 4.48. The van der Waals surface area contributed by atoms with Gasteiger partial charge in [0.25, 0.3) is 0 Å². The van der Waals surface area contributed by atoms with Crippen LogP contribution in [0.3, 0.4) is 0 Å². The van der Waals surface area contributed by atoms with Crippen LogP contribution >= 0.6 is 0 Å². The molecule has 34 heavy (non-hydrogen) atoms. The van der Waals surface area contributed by atoms with E-state index in [1.807, 2.05) is 71.3 Å². The van der Waals surface area contributed by atoms with Gasteiger partial charge in [-0.2, -0.15) is 0 Å². The fraction of sp³-hybridized carbons (Fsp3) is 0.0333. The van der Waals surface area contributed by atoms with Crippen LogP contribution < -0.4 is 0 Å². The van der Waals surface area contributed by atoms with Gasteiger partial charge in [-0.25, -0.2) is 4.39 Å². The molecule has 0 aliphatic carbocycles. The standard InChI is InChI=1S/C30H19FN2O/c1-18-14-15-21(30-29(18)22-10-4-7-13-28(22)34-30)24-16-27(23(31)17-32-24)33-25-11-5-2-8-19(25)20-9-3-6-12-26(20)33/h2-17H,1H3. The Morgan fingerprint density at radius 3 is 2.15 bits per heavy atom. The van der Waals surface area contributed by atoms with Crippen LogP contribution in [0.1, 0.15) is 5.56 Å². The normalized spacial score (nSPS) is 11.8. The summed E-state index contributed by atoms with van der Waals surface area (Å²) in [6.45, 7) is 2.08. The zero-order chi connectivity index (χ0) is 22.8. The highest BCUT2D eigenvalue weighted by Crippen LogP contribution is 2.39. The minimum absolute atomic E-state index is 0.372. The Morgan fingerprint density at radius 1 is 0.765 bits per heavy atom. The fourth-order valence-corrected chi connectivity index (χ4v) is 5.12. The highest BCUT2D eigenvalue weighted by Gasteiger charge is 2.19. The molecule has 0 aliphatic rings. The molecule has 0 unspecified atom stereocenters. The Morgan fingerprint density at radius 2 is 1.41 bits per heavy atom. The second kappa shape index (κ2) is 7.03. The van der Waals surface area contributed by atoms with Crippen molar-refractivity contribution in [2.75, 3.05) is 0 Å². The number of rotatable bonds is 2. The Bertz CT molecular complexity index is 1840. The summed E-state index contributed by atoms with van der Waals surface area (Å²) in [5.74, 6) is -0.372. The van der Waals surface area contributed by atoms with Crippen LogP contribution in [0.2, 0.25) is 0 Å². The van der Waals surface area contributed by atoms with E-state index >= 15 is 4.39 Å². The third-order valence-corrected chi connectivity index (χ3v) is 6.67. The van der Waals surface area contributed by atoms with Gasteiger partial charge in [-0.05, 0) is 42.8 Å². The van der Waals surface area contributed by atoms with Crippen molar-refractivity contribution in [1.29, 1.82) is 0 Å². The number of nitrogens with zero attached hydrogens (tertiary/aromatic N) is 2. The smallest absolute Gasteiger partial charge is 0.165 e. The maximum Gasteiger partial charge on any atom is 0.165 e. The number of hydrogen-bond donors (Lipinski definition) is 0. The van der Waals surface area contributed by atoms with E-state index in [2.05, 4.69) is 36.2 Å². The molecular weight excluding hydrogens is 423 g/mol. The van der Waals surface area contributed by atoms with E-state index in [9.17, 15) is 0 Å². The van der Waals surface area contributed by atoms with Gasteiger partial charge in [0.05, 0.1) is 28.6 Å². The maximum absolute atomic E-state index is 15.3. The van der Waals surface area contributed by atoms with E-state index in [4.69, 9.17) is 4.42 Å². The number of pyridine rings is 1. The SMILES string of the molecule is Cc1ccc(-c2cc(-n3c4ccccc4c4ccccc43)c(F)cn2)c2oc3ccccc3c12. The zero-order valence-corrected chi connectivity index (χ0v) is 18.4. The van der Waals surface area contributed by atoms with Gasteiger partial charge >= 0.3 is 0 Å². The maximum atomic E-state index is 15.3. The molecule has 3 heterocycles. The summed E-state index contributed by atoms with van der Waals surface area (Å²) < 4.78 is 23.6. The lowest BCUT2D eigenvalue weighted by Crippen LogP contribution is -2.00. The molecule has 0 atom stereocenters. The van der Waals surface area contributed by atoms with Crippen LogP contribution in [0.4, 0.5) is 4.39 Å². The van der Waals surface area contributed by atoms with Gasteiger partial charge in [0.2, 0.25) is 0 Å². The molecule has 4 aromatic carbocycles. The average Bonchev–Trinajstić information content (AvgIpc) is 3.42. The van der Waals surface area contributed by atoms with E-state index in [1.165, 1.54) is 6.20 Å². The lowest BCUT2D eigenvalue weighted by atomic mass is 10.0. The number of halogens is 1. The first-order valence-corrected chi connectivity index (χ1v) is 11.3. The lowest BCUT2D eigenvalue weighted by molar-refractivity contribution is 0.615. The van der Waals surface area contributed by atoms with Crippen LogP contribution in [0, 0.1) is 12.7 Å². The van der Waals surface area contributed by atoms with E-state index in [0.717, 1.165) is 54.9 Å². The average molecular weight is 442 g/mol. The van der Waals surface area contributed by atoms with Gasteiger partial charge in [-0.3, -0.25) is 4.98 Å². The molecule has 0 amide bonds. The number of benzene rings is 4. The minimum atomic E-state index is -0.372. The second-order valence-electron chi connectivity index (χ2n) is 8.62. The Labute approximate surface area is 194 Å². The van der Waals surface area contributed by atoms with Gasteiger partial charge in [-0.1, -0.05) is 60.7 Å². The van der Waals surface area contributed by atoms with Gasteiger partial charge in [0.1, 0.15) is 11.2 Å². The number of aromatic nitrogens is 2. The predicted octanol–water partition coefficient (Wildman–Crippen LogP) is 8.19. The van der Waals surface area contributed by atoms with Crippen molar-refractivity contribution in [1.82, 2.24) is 9.55 Å². The molecule has 7 rings (SSSR count). The molecule has 3 nitrogen and oxygen atoms in total. The lowest BCUT2D eigenvalue weighted by Gasteiger charge is -2.11. The molecule has 7 aromatic rings. The van der Waals surface area contributed by atoms with Crippen molar-refractivity contribution in [2.24, 2.45) is 0 Å².